The number of nitrogens with zero attached hydrogens (tertiary/aromatic N) is 2. The van der Waals surface area contributed by atoms with Crippen molar-refractivity contribution in [2.45, 2.75) is 19.9 Å². The van der Waals surface area contributed by atoms with Crippen LogP contribution in [0.4, 0.5) is 5.82 Å². The summed E-state index contributed by atoms with van der Waals surface area (Å²) in [5.41, 5.74) is 1.37. The number of aromatic amines is 1. The maximum absolute atomic E-state index is 12.3. The van der Waals surface area contributed by atoms with Crippen LogP contribution in [0.15, 0.2) is 36.5 Å². The summed E-state index contributed by atoms with van der Waals surface area (Å²) in [5.74, 6) is 0.469. The second kappa shape index (κ2) is 5.26. The Hall–Kier alpha value is -2.27. The van der Waals surface area contributed by atoms with Gasteiger partial charge in [-0.2, -0.15) is 5.10 Å². The largest absolute Gasteiger partial charge is 0.351 e. The number of carbonyl (C=O) groups excluding carboxylic acids is 1. The van der Waals surface area contributed by atoms with Gasteiger partial charge in [-0.15, -0.1) is 0 Å². The number of fused-ring (bicyclic) bond motifs is 1. The molecule has 2 N–H and O–H groups in total. The molecule has 0 saturated heterocycles. The van der Waals surface area contributed by atoms with Crippen molar-refractivity contribution in [2.75, 3.05) is 5.32 Å². The van der Waals surface area contributed by atoms with E-state index in [2.05, 4.69) is 15.4 Å². The van der Waals surface area contributed by atoms with Crippen molar-refractivity contribution in [3.63, 3.8) is 0 Å². The van der Waals surface area contributed by atoms with Gasteiger partial charge in [-0.3, -0.25) is 4.79 Å². The third kappa shape index (κ3) is 2.64. The molecule has 0 bridgehead atoms. The number of rotatable bonds is 3. The minimum Gasteiger partial charge on any atom is -0.351 e. The minimum absolute atomic E-state index is 0.178. The van der Waals surface area contributed by atoms with Gasteiger partial charge in [0.15, 0.2) is 0 Å². The smallest absolute Gasteiger partial charge is 0.273 e. The molecular weight excluding hydrogens is 288 g/mol. The minimum atomic E-state index is -0.204. The maximum atomic E-state index is 12.3. The summed E-state index contributed by atoms with van der Waals surface area (Å²) in [5, 5.41) is 8.60. The fraction of sp³-hybridized carbons (Fsp3) is 0.200. The van der Waals surface area contributed by atoms with Gasteiger partial charge >= 0.3 is 0 Å². The number of amides is 1. The van der Waals surface area contributed by atoms with E-state index in [0.717, 1.165) is 10.9 Å². The highest BCUT2D eigenvalue weighted by atomic mass is 35.5. The number of carbonyl (C=O) groups is 1. The summed E-state index contributed by atoms with van der Waals surface area (Å²) in [6, 6.07) is 9.20. The monoisotopic (exact) mass is 302 g/mol. The lowest BCUT2D eigenvalue weighted by Gasteiger charge is -2.11. The normalized spacial score (nSPS) is 11.2. The molecule has 5 nitrogen and oxygen atoms in total. The van der Waals surface area contributed by atoms with E-state index in [-0.39, 0.29) is 11.9 Å². The number of anilines is 1. The molecule has 0 aliphatic heterocycles. The Morgan fingerprint density at radius 2 is 2.14 bits per heavy atom. The van der Waals surface area contributed by atoms with Crippen molar-refractivity contribution in [2.24, 2.45) is 0 Å². The highest BCUT2D eigenvalue weighted by Gasteiger charge is 2.13. The molecule has 0 unspecified atom stereocenters. The molecule has 2 aromatic heterocycles. The fourth-order valence-electron chi connectivity index (χ4n) is 2.23. The lowest BCUT2D eigenvalue weighted by molar-refractivity contribution is 0.102. The third-order valence-corrected chi connectivity index (χ3v) is 3.46. The first kappa shape index (κ1) is 13.7. The second-order valence-corrected chi connectivity index (χ2v) is 5.56. The molecule has 0 saturated carbocycles. The lowest BCUT2D eigenvalue weighted by Crippen LogP contribution is -2.16. The molecule has 2 heterocycles. The molecule has 6 heteroatoms. The average molecular weight is 303 g/mol. The molecule has 1 amide bonds. The summed E-state index contributed by atoms with van der Waals surface area (Å²) in [6.07, 6.45) is 1.67. The zero-order valence-electron chi connectivity index (χ0n) is 11.7. The van der Waals surface area contributed by atoms with Crippen molar-refractivity contribution in [1.82, 2.24) is 14.8 Å². The number of halogens is 1. The number of benzene rings is 1. The summed E-state index contributed by atoms with van der Waals surface area (Å²) in [4.78, 5) is 15.4. The predicted molar refractivity (Wildman–Crippen MR) is 83.9 cm³/mol. The first-order chi connectivity index (χ1) is 10.0. The molecule has 0 fully saturated rings. The Morgan fingerprint density at radius 1 is 1.33 bits per heavy atom. The molecule has 3 rings (SSSR count). The summed E-state index contributed by atoms with van der Waals surface area (Å²) in [6.45, 7) is 4.02. The van der Waals surface area contributed by atoms with Crippen molar-refractivity contribution in [3.05, 3.63) is 47.2 Å². The first-order valence-corrected chi connectivity index (χ1v) is 7.05. The van der Waals surface area contributed by atoms with Crippen LogP contribution in [0.1, 0.15) is 30.4 Å². The van der Waals surface area contributed by atoms with Crippen molar-refractivity contribution < 1.29 is 4.79 Å². The van der Waals surface area contributed by atoms with Crippen LogP contribution in [0.2, 0.25) is 5.02 Å². The third-order valence-electron chi connectivity index (χ3n) is 3.23. The van der Waals surface area contributed by atoms with Gasteiger partial charge in [-0.05, 0) is 38.1 Å². The van der Waals surface area contributed by atoms with Gasteiger partial charge in [0.2, 0.25) is 0 Å². The van der Waals surface area contributed by atoms with E-state index in [1.165, 1.54) is 0 Å². The van der Waals surface area contributed by atoms with Crippen LogP contribution in [0.25, 0.3) is 10.9 Å². The van der Waals surface area contributed by atoms with Crippen LogP contribution in [0.3, 0.4) is 0 Å². The van der Waals surface area contributed by atoms with Gasteiger partial charge in [0.05, 0.1) is 6.20 Å². The molecule has 21 heavy (non-hydrogen) atoms. The summed E-state index contributed by atoms with van der Waals surface area (Å²) < 4.78 is 1.76. The van der Waals surface area contributed by atoms with E-state index in [1.54, 1.807) is 29.1 Å². The molecule has 0 aliphatic rings. The highest BCUT2D eigenvalue weighted by Crippen LogP contribution is 2.21. The molecule has 3 aromatic rings. The Morgan fingerprint density at radius 3 is 2.90 bits per heavy atom. The summed E-state index contributed by atoms with van der Waals surface area (Å²) >= 11 is 5.95. The van der Waals surface area contributed by atoms with Gasteiger partial charge in [-0.1, -0.05) is 11.6 Å². The topological polar surface area (TPSA) is 62.7 Å². The van der Waals surface area contributed by atoms with Crippen LogP contribution in [-0.4, -0.2) is 20.7 Å². The van der Waals surface area contributed by atoms with Gasteiger partial charge in [0.25, 0.3) is 5.91 Å². The first-order valence-electron chi connectivity index (χ1n) is 6.68. The van der Waals surface area contributed by atoms with Gasteiger partial charge in [0, 0.05) is 28.0 Å². The van der Waals surface area contributed by atoms with Crippen LogP contribution >= 0.6 is 11.6 Å². The Labute approximate surface area is 126 Å². The van der Waals surface area contributed by atoms with E-state index < -0.39 is 0 Å². The van der Waals surface area contributed by atoms with E-state index in [9.17, 15) is 4.79 Å². The van der Waals surface area contributed by atoms with Gasteiger partial charge in [0.1, 0.15) is 11.5 Å². The Balaban J connectivity index is 1.88. The van der Waals surface area contributed by atoms with Crippen molar-refractivity contribution >= 4 is 34.2 Å². The molecule has 0 radical (unpaired) electrons. The molecule has 0 atom stereocenters. The molecule has 108 valence electrons. The van der Waals surface area contributed by atoms with Crippen molar-refractivity contribution in [3.8, 4) is 0 Å². The van der Waals surface area contributed by atoms with Gasteiger partial charge in [-0.25, -0.2) is 4.68 Å². The van der Waals surface area contributed by atoms with Crippen LogP contribution in [0, 0.1) is 0 Å². The van der Waals surface area contributed by atoms with E-state index >= 15 is 0 Å². The average Bonchev–Trinajstić information content (AvgIpc) is 3.04. The predicted octanol–water partition coefficient (Wildman–Crippen LogP) is 3.85. The molecule has 1 aromatic carbocycles. The SMILES string of the molecule is CC(C)n1nccc1NC(=O)c1cc2cc(Cl)ccc2[nH]1. The quantitative estimate of drug-likeness (QED) is 0.772. The van der Waals surface area contributed by atoms with Crippen LogP contribution in [0.5, 0.6) is 0 Å². The number of H-pyrrole nitrogens is 1. The van der Waals surface area contributed by atoms with Crippen molar-refractivity contribution in [1.29, 1.82) is 0 Å². The fourth-order valence-corrected chi connectivity index (χ4v) is 2.41. The zero-order chi connectivity index (χ0) is 15.0. The van der Waals surface area contributed by atoms with E-state index in [1.807, 2.05) is 26.0 Å². The maximum Gasteiger partial charge on any atom is 0.273 e. The standard InChI is InChI=1S/C15H15ClN4O/c1-9(2)20-14(5-6-17-20)19-15(21)13-8-10-7-11(16)3-4-12(10)18-13/h3-9,18H,1-2H3,(H,19,21). The van der Waals surface area contributed by atoms with Gasteiger partial charge < -0.3 is 10.3 Å². The number of aromatic nitrogens is 3. The van der Waals surface area contributed by atoms with E-state index in [4.69, 9.17) is 11.6 Å². The van der Waals surface area contributed by atoms with E-state index in [0.29, 0.717) is 16.5 Å². The number of hydrogen-bond donors (Lipinski definition) is 2. The molecule has 0 aliphatic carbocycles. The molecule has 0 spiro atoms. The van der Waals surface area contributed by atoms with Crippen LogP contribution in [-0.2, 0) is 0 Å². The van der Waals surface area contributed by atoms with Crippen LogP contribution < -0.4 is 5.32 Å². The number of hydrogen-bond acceptors (Lipinski definition) is 2. The Bertz CT molecular complexity index is 803. The second-order valence-electron chi connectivity index (χ2n) is 5.12. The Kier molecular flexibility index (Phi) is 3.43. The lowest BCUT2D eigenvalue weighted by atomic mass is 10.2. The number of nitrogens with one attached hydrogen (secondary N) is 2. The zero-order valence-corrected chi connectivity index (χ0v) is 12.5. The summed E-state index contributed by atoms with van der Waals surface area (Å²) in [7, 11) is 0. The molecular formula is C15H15ClN4O. The highest BCUT2D eigenvalue weighted by molar-refractivity contribution is 6.31.